The molecule has 0 spiro atoms. The molecular formula is C9H8F2OS. The fourth-order valence-electron chi connectivity index (χ4n) is 1.15. The zero-order valence-electron chi connectivity index (χ0n) is 6.97. The normalized spacial score (nSPS) is 10.1. The summed E-state index contributed by atoms with van der Waals surface area (Å²) in [5, 5.41) is 8.51. The van der Waals surface area contributed by atoms with Crippen molar-refractivity contribution >= 4 is 17.3 Å². The molecule has 1 aromatic rings. The molecule has 0 unspecified atom stereocenters. The molecule has 0 aliphatic rings. The highest BCUT2D eigenvalue weighted by molar-refractivity contribution is 7.80. The molecular weight excluding hydrogens is 194 g/mol. The van der Waals surface area contributed by atoms with Crippen LogP contribution in [-0.2, 0) is 6.42 Å². The molecule has 0 saturated carbocycles. The summed E-state index contributed by atoms with van der Waals surface area (Å²) in [4.78, 5) is 0. The van der Waals surface area contributed by atoms with Crippen LogP contribution in [0.2, 0.25) is 0 Å². The zero-order chi connectivity index (χ0) is 10.0. The van der Waals surface area contributed by atoms with Gasteiger partial charge in [-0.05, 0) is 30.3 Å². The first kappa shape index (κ1) is 10.1. The Morgan fingerprint density at radius 2 is 2.08 bits per heavy atom. The van der Waals surface area contributed by atoms with E-state index in [1.807, 2.05) is 0 Å². The van der Waals surface area contributed by atoms with Crippen LogP contribution in [0.3, 0.4) is 0 Å². The lowest BCUT2D eigenvalue weighted by Gasteiger charge is -2.06. The van der Waals surface area contributed by atoms with E-state index in [0.29, 0.717) is 6.42 Å². The van der Waals surface area contributed by atoms with Gasteiger partial charge in [0.1, 0.15) is 11.6 Å². The molecule has 0 heterocycles. The summed E-state index contributed by atoms with van der Waals surface area (Å²) in [6.07, 6.45) is 0.363. The topological polar surface area (TPSA) is 20.2 Å². The Morgan fingerprint density at radius 1 is 1.46 bits per heavy atom. The third kappa shape index (κ3) is 2.01. The fraction of sp³-hybridized carbons (Fsp3) is 0.222. The average Bonchev–Trinajstić information content (AvgIpc) is 2.02. The van der Waals surface area contributed by atoms with E-state index in [9.17, 15) is 8.78 Å². The number of hydrogen-bond acceptors (Lipinski definition) is 1. The van der Waals surface area contributed by atoms with Gasteiger partial charge in [0.2, 0.25) is 0 Å². The smallest absolute Gasteiger partial charge is 0.189 e. The number of benzene rings is 1. The highest BCUT2D eigenvalue weighted by Crippen LogP contribution is 2.17. The van der Waals surface area contributed by atoms with E-state index in [-0.39, 0.29) is 11.1 Å². The molecule has 1 rings (SSSR count). The Balaban J connectivity index is 3.38. The van der Waals surface area contributed by atoms with Crippen molar-refractivity contribution in [2.24, 2.45) is 0 Å². The second-order valence-corrected chi connectivity index (χ2v) is 2.96. The monoisotopic (exact) mass is 202 g/mol. The summed E-state index contributed by atoms with van der Waals surface area (Å²) in [6.45, 7) is 1.71. The lowest BCUT2D eigenvalue weighted by atomic mass is 10.1. The van der Waals surface area contributed by atoms with Gasteiger partial charge >= 0.3 is 0 Å². The maximum Gasteiger partial charge on any atom is 0.189 e. The van der Waals surface area contributed by atoms with Crippen LogP contribution in [-0.4, -0.2) is 10.2 Å². The van der Waals surface area contributed by atoms with Gasteiger partial charge in [0, 0.05) is 11.6 Å². The first-order valence-electron chi connectivity index (χ1n) is 3.77. The van der Waals surface area contributed by atoms with E-state index in [2.05, 4.69) is 12.2 Å². The van der Waals surface area contributed by atoms with Crippen molar-refractivity contribution in [2.45, 2.75) is 13.3 Å². The van der Waals surface area contributed by atoms with Crippen LogP contribution in [0.1, 0.15) is 18.1 Å². The number of aliphatic hydroxyl groups excluding tert-OH is 1. The zero-order valence-corrected chi connectivity index (χ0v) is 7.79. The van der Waals surface area contributed by atoms with Crippen molar-refractivity contribution in [3.05, 3.63) is 34.9 Å². The standard InChI is InChI=1S/C9H8F2OS/c1-2-6-7(9(12)13)3-5(10)4-8(6)11/h3-4H,2H2,1H3,(H,12,13). The maximum absolute atomic E-state index is 13.1. The minimum atomic E-state index is -0.735. The Morgan fingerprint density at radius 3 is 2.54 bits per heavy atom. The molecule has 0 saturated heterocycles. The summed E-state index contributed by atoms with van der Waals surface area (Å²) in [5.74, 6) is -1.41. The average molecular weight is 202 g/mol. The number of hydrogen-bond donors (Lipinski definition) is 1. The highest BCUT2D eigenvalue weighted by atomic mass is 32.1. The third-order valence-electron chi connectivity index (χ3n) is 1.74. The van der Waals surface area contributed by atoms with Gasteiger partial charge in [-0.25, -0.2) is 8.78 Å². The van der Waals surface area contributed by atoms with E-state index in [4.69, 9.17) is 5.11 Å². The molecule has 13 heavy (non-hydrogen) atoms. The Kier molecular flexibility index (Phi) is 2.93. The van der Waals surface area contributed by atoms with Crippen molar-refractivity contribution in [1.29, 1.82) is 0 Å². The van der Waals surface area contributed by atoms with Crippen molar-refractivity contribution in [3.63, 3.8) is 0 Å². The van der Waals surface area contributed by atoms with Crippen molar-refractivity contribution in [3.8, 4) is 0 Å². The van der Waals surface area contributed by atoms with Gasteiger partial charge in [0.15, 0.2) is 5.05 Å². The fourth-order valence-corrected chi connectivity index (χ4v) is 1.34. The van der Waals surface area contributed by atoms with Gasteiger partial charge in [-0.15, -0.1) is 0 Å². The molecule has 0 amide bonds. The Labute approximate surface area is 80.0 Å². The van der Waals surface area contributed by atoms with Crippen LogP contribution in [0.15, 0.2) is 12.1 Å². The minimum Gasteiger partial charge on any atom is -0.499 e. The quantitative estimate of drug-likeness (QED) is 0.744. The number of thiocarbonyl (C=S) groups is 1. The molecule has 0 bridgehead atoms. The van der Waals surface area contributed by atoms with Gasteiger partial charge in [0.05, 0.1) is 0 Å². The summed E-state index contributed by atoms with van der Waals surface area (Å²) >= 11 is 4.46. The van der Waals surface area contributed by atoms with E-state index in [1.165, 1.54) is 0 Å². The van der Waals surface area contributed by atoms with Crippen molar-refractivity contribution in [1.82, 2.24) is 0 Å². The van der Waals surface area contributed by atoms with Gasteiger partial charge in [-0.1, -0.05) is 6.92 Å². The molecule has 0 aliphatic carbocycles. The van der Waals surface area contributed by atoms with Crippen molar-refractivity contribution < 1.29 is 13.9 Å². The first-order valence-corrected chi connectivity index (χ1v) is 4.18. The molecule has 1 aromatic carbocycles. The number of rotatable bonds is 2. The lowest BCUT2D eigenvalue weighted by molar-refractivity contribution is 0.554. The Hall–Kier alpha value is -1.03. The van der Waals surface area contributed by atoms with E-state index in [1.54, 1.807) is 6.92 Å². The SMILES string of the molecule is CCc1c(F)cc(F)cc1C(O)=S. The predicted molar refractivity (Wildman–Crippen MR) is 50.1 cm³/mol. The van der Waals surface area contributed by atoms with Crippen LogP contribution in [0, 0.1) is 11.6 Å². The minimum absolute atomic E-state index is 0.0648. The van der Waals surface area contributed by atoms with Crippen LogP contribution in [0.4, 0.5) is 8.78 Å². The Bertz CT molecular complexity index is 350. The van der Waals surface area contributed by atoms with Gasteiger partial charge in [0.25, 0.3) is 0 Å². The molecule has 0 atom stereocenters. The molecule has 0 fully saturated rings. The van der Waals surface area contributed by atoms with Gasteiger partial charge < -0.3 is 5.11 Å². The molecule has 4 heteroatoms. The largest absolute Gasteiger partial charge is 0.499 e. The lowest BCUT2D eigenvalue weighted by Crippen LogP contribution is -2.04. The summed E-state index contributed by atoms with van der Waals surface area (Å²) < 4.78 is 25.8. The molecule has 0 radical (unpaired) electrons. The molecule has 0 aromatic heterocycles. The summed E-state index contributed by atoms with van der Waals surface area (Å²) in [7, 11) is 0. The van der Waals surface area contributed by atoms with Crippen LogP contribution in [0.5, 0.6) is 0 Å². The van der Waals surface area contributed by atoms with E-state index in [0.717, 1.165) is 12.1 Å². The number of halogens is 2. The van der Waals surface area contributed by atoms with E-state index >= 15 is 0 Å². The van der Waals surface area contributed by atoms with E-state index < -0.39 is 16.7 Å². The predicted octanol–water partition coefficient (Wildman–Crippen LogP) is 2.76. The van der Waals surface area contributed by atoms with Gasteiger partial charge in [-0.2, -0.15) is 0 Å². The second-order valence-electron chi connectivity index (χ2n) is 2.57. The summed E-state index contributed by atoms with van der Waals surface area (Å²) in [6, 6.07) is 1.81. The molecule has 1 nitrogen and oxygen atoms in total. The first-order chi connectivity index (χ1) is 6.06. The van der Waals surface area contributed by atoms with Gasteiger partial charge in [-0.3, -0.25) is 0 Å². The maximum atomic E-state index is 13.1. The molecule has 0 aliphatic heterocycles. The van der Waals surface area contributed by atoms with Crippen LogP contribution in [0.25, 0.3) is 0 Å². The number of aliphatic hydroxyl groups is 1. The summed E-state index contributed by atoms with van der Waals surface area (Å²) in [5.41, 5.74) is 0.309. The van der Waals surface area contributed by atoms with Crippen LogP contribution < -0.4 is 0 Å². The highest BCUT2D eigenvalue weighted by Gasteiger charge is 2.12. The second kappa shape index (κ2) is 3.79. The molecule has 1 N–H and O–H groups in total. The molecule has 70 valence electrons. The van der Waals surface area contributed by atoms with Crippen LogP contribution >= 0.6 is 12.2 Å². The third-order valence-corrected chi connectivity index (χ3v) is 1.96. The van der Waals surface area contributed by atoms with Crippen molar-refractivity contribution in [2.75, 3.05) is 0 Å².